The molecule has 0 radical (unpaired) electrons. The van der Waals surface area contributed by atoms with Gasteiger partial charge in [-0.25, -0.2) is 4.98 Å². The first kappa shape index (κ1) is 11.6. The first-order chi connectivity index (χ1) is 8.76. The number of rotatable bonds is 2. The quantitative estimate of drug-likeness (QED) is 0.624. The molecule has 0 atom stereocenters. The van der Waals surface area contributed by atoms with Crippen LogP contribution in [0, 0.1) is 0 Å². The minimum Gasteiger partial charge on any atom is -0.436 e. The first-order valence-corrected chi connectivity index (χ1v) is 6.39. The first-order valence-electron chi connectivity index (χ1n) is 5.47. The molecule has 0 aliphatic carbocycles. The van der Waals surface area contributed by atoms with Crippen LogP contribution in [-0.2, 0) is 5.88 Å². The summed E-state index contributed by atoms with van der Waals surface area (Å²) in [6, 6.07) is 13.2. The van der Waals surface area contributed by atoms with Crippen molar-refractivity contribution in [1.29, 1.82) is 0 Å². The lowest BCUT2D eigenvalue weighted by molar-refractivity contribution is 0.620. The highest BCUT2D eigenvalue weighted by Gasteiger charge is 2.08. The number of hydrogen-bond acceptors (Lipinski definition) is 2. The van der Waals surface area contributed by atoms with Crippen molar-refractivity contribution in [2.24, 2.45) is 0 Å². The molecule has 0 spiro atoms. The molecule has 0 fully saturated rings. The summed E-state index contributed by atoms with van der Waals surface area (Å²) in [5.41, 5.74) is 3.49. The minimum atomic E-state index is 0.503. The lowest BCUT2D eigenvalue weighted by Crippen LogP contribution is -1.79. The molecule has 0 aliphatic rings. The van der Waals surface area contributed by atoms with E-state index >= 15 is 0 Å². The van der Waals surface area contributed by atoms with Gasteiger partial charge in [0.2, 0.25) is 5.89 Å². The van der Waals surface area contributed by atoms with Gasteiger partial charge in [0, 0.05) is 22.5 Å². The molecule has 0 aliphatic heterocycles. The predicted octanol–water partition coefficient (Wildman–Crippen LogP) is 4.89. The number of aromatic nitrogens is 1. The fourth-order valence-electron chi connectivity index (χ4n) is 1.76. The normalized spacial score (nSPS) is 11.0. The van der Waals surface area contributed by atoms with E-state index < -0.39 is 0 Å². The molecule has 2 nitrogen and oxygen atoms in total. The van der Waals surface area contributed by atoms with Crippen molar-refractivity contribution in [3.05, 3.63) is 53.1 Å². The molecular formula is C14H9Cl2NO. The Hall–Kier alpha value is -1.51. The third kappa shape index (κ3) is 2.09. The predicted molar refractivity (Wildman–Crippen MR) is 74.0 cm³/mol. The van der Waals surface area contributed by atoms with Gasteiger partial charge in [0.15, 0.2) is 5.58 Å². The summed E-state index contributed by atoms with van der Waals surface area (Å²) < 4.78 is 5.68. The van der Waals surface area contributed by atoms with Gasteiger partial charge >= 0.3 is 0 Å². The van der Waals surface area contributed by atoms with Crippen molar-refractivity contribution in [3.63, 3.8) is 0 Å². The van der Waals surface area contributed by atoms with E-state index in [0.29, 0.717) is 22.4 Å². The summed E-state index contributed by atoms with van der Waals surface area (Å²) in [6.07, 6.45) is 0. The number of oxazole rings is 1. The zero-order valence-corrected chi connectivity index (χ0v) is 10.9. The van der Waals surface area contributed by atoms with E-state index in [9.17, 15) is 0 Å². The molecule has 0 saturated carbocycles. The molecule has 1 aromatic heterocycles. The number of fused-ring (bicyclic) bond motifs is 1. The van der Waals surface area contributed by atoms with Crippen molar-refractivity contribution in [1.82, 2.24) is 4.98 Å². The van der Waals surface area contributed by atoms with Crippen LogP contribution >= 0.6 is 23.2 Å². The van der Waals surface area contributed by atoms with Crippen LogP contribution in [0.2, 0.25) is 5.02 Å². The fourth-order valence-corrected chi connectivity index (χ4v) is 2.10. The van der Waals surface area contributed by atoms with Crippen LogP contribution in [0.25, 0.3) is 22.6 Å². The third-order valence-electron chi connectivity index (χ3n) is 2.71. The van der Waals surface area contributed by atoms with Crippen molar-refractivity contribution >= 4 is 34.3 Å². The van der Waals surface area contributed by atoms with Gasteiger partial charge in [-0.15, -0.1) is 11.6 Å². The molecule has 90 valence electrons. The van der Waals surface area contributed by atoms with Crippen LogP contribution in [0.5, 0.6) is 0 Å². The topological polar surface area (TPSA) is 26.0 Å². The maximum Gasteiger partial charge on any atom is 0.227 e. The van der Waals surface area contributed by atoms with Gasteiger partial charge in [-0.1, -0.05) is 23.7 Å². The molecule has 1 heterocycles. The standard InChI is InChI=1S/C14H9Cl2NO/c15-8-9-1-3-10(4-2-9)14-17-12-6-5-11(16)7-13(12)18-14/h1-7H,8H2. The zero-order chi connectivity index (χ0) is 12.5. The van der Waals surface area contributed by atoms with Gasteiger partial charge in [0.05, 0.1) is 0 Å². The summed E-state index contributed by atoms with van der Waals surface area (Å²) in [6.45, 7) is 0. The van der Waals surface area contributed by atoms with Gasteiger partial charge in [-0.05, 0) is 29.8 Å². The second kappa shape index (κ2) is 4.63. The molecule has 3 aromatic rings. The summed E-state index contributed by atoms with van der Waals surface area (Å²) in [5, 5.41) is 0.641. The molecule has 3 rings (SSSR count). The van der Waals surface area contributed by atoms with Crippen LogP contribution in [0.15, 0.2) is 46.9 Å². The Morgan fingerprint density at radius 1 is 1.06 bits per heavy atom. The smallest absolute Gasteiger partial charge is 0.227 e. The number of hydrogen-bond donors (Lipinski definition) is 0. The number of benzene rings is 2. The molecule has 0 saturated heterocycles. The molecule has 18 heavy (non-hydrogen) atoms. The number of alkyl halides is 1. The van der Waals surface area contributed by atoms with E-state index in [1.54, 1.807) is 12.1 Å². The Balaban J connectivity index is 2.07. The highest BCUT2D eigenvalue weighted by molar-refractivity contribution is 6.31. The van der Waals surface area contributed by atoms with E-state index in [0.717, 1.165) is 16.6 Å². The van der Waals surface area contributed by atoms with Crippen LogP contribution in [0.1, 0.15) is 5.56 Å². The Morgan fingerprint density at radius 3 is 2.56 bits per heavy atom. The lowest BCUT2D eigenvalue weighted by Gasteiger charge is -1.97. The fraction of sp³-hybridized carbons (Fsp3) is 0.0714. The molecule has 0 N–H and O–H groups in total. The molecular weight excluding hydrogens is 269 g/mol. The van der Waals surface area contributed by atoms with E-state index in [-0.39, 0.29) is 0 Å². The third-order valence-corrected chi connectivity index (χ3v) is 3.25. The molecule has 2 aromatic carbocycles. The summed E-state index contributed by atoms with van der Waals surface area (Å²) in [4.78, 5) is 4.42. The van der Waals surface area contributed by atoms with Crippen molar-refractivity contribution in [3.8, 4) is 11.5 Å². The van der Waals surface area contributed by atoms with E-state index in [4.69, 9.17) is 27.6 Å². The summed E-state index contributed by atoms with van der Waals surface area (Å²) in [7, 11) is 0. The zero-order valence-electron chi connectivity index (χ0n) is 9.36. The lowest BCUT2D eigenvalue weighted by atomic mass is 10.1. The van der Waals surface area contributed by atoms with Crippen LogP contribution in [0.4, 0.5) is 0 Å². The summed E-state index contributed by atoms with van der Waals surface area (Å²) >= 11 is 11.7. The Bertz CT molecular complexity index is 689. The maximum absolute atomic E-state index is 5.91. The largest absolute Gasteiger partial charge is 0.436 e. The minimum absolute atomic E-state index is 0.503. The maximum atomic E-state index is 5.91. The van der Waals surface area contributed by atoms with Crippen LogP contribution < -0.4 is 0 Å². The number of halogens is 2. The highest BCUT2D eigenvalue weighted by Crippen LogP contribution is 2.26. The van der Waals surface area contributed by atoms with Gasteiger partial charge in [-0.2, -0.15) is 0 Å². The molecule has 0 amide bonds. The Morgan fingerprint density at radius 2 is 1.83 bits per heavy atom. The Labute approximate surface area is 114 Å². The average molecular weight is 278 g/mol. The molecule has 4 heteroatoms. The SMILES string of the molecule is ClCc1ccc(-c2nc3ccc(Cl)cc3o2)cc1. The number of nitrogens with zero attached hydrogens (tertiary/aromatic N) is 1. The highest BCUT2D eigenvalue weighted by atomic mass is 35.5. The van der Waals surface area contributed by atoms with Crippen LogP contribution in [-0.4, -0.2) is 4.98 Å². The van der Waals surface area contributed by atoms with Gasteiger partial charge in [0.1, 0.15) is 5.52 Å². The second-order valence-electron chi connectivity index (χ2n) is 3.96. The van der Waals surface area contributed by atoms with Crippen molar-refractivity contribution < 1.29 is 4.42 Å². The van der Waals surface area contributed by atoms with Gasteiger partial charge in [0.25, 0.3) is 0 Å². The Kier molecular flexibility index (Phi) is 2.98. The van der Waals surface area contributed by atoms with Gasteiger partial charge < -0.3 is 4.42 Å². The van der Waals surface area contributed by atoms with Crippen molar-refractivity contribution in [2.45, 2.75) is 5.88 Å². The monoisotopic (exact) mass is 277 g/mol. The average Bonchev–Trinajstić information content (AvgIpc) is 2.81. The van der Waals surface area contributed by atoms with E-state index in [2.05, 4.69) is 4.98 Å². The van der Waals surface area contributed by atoms with Crippen molar-refractivity contribution in [2.75, 3.05) is 0 Å². The van der Waals surface area contributed by atoms with Gasteiger partial charge in [-0.3, -0.25) is 0 Å². The molecule has 0 unspecified atom stereocenters. The second-order valence-corrected chi connectivity index (χ2v) is 4.67. The summed E-state index contributed by atoms with van der Waals surface area (Å²) in [5.74, 6) is 1.09. The molecule has 0 bridgehead atoms. The van der Waals surface area contributed by atoms with Crippen LogP contribution in [0.3, 0.4) is 0 Å². The van der Waals surface area contributed by atoms with E-state index in [1.165, 1.54) is 0 Å². The van der Waals surface area contributed by atoms with E-state index in [1.807, 2.05) is 30.3 Å².